The summed E-state index contributed by atoms with van der Waals surface area (Å²) in [5.41, 5.74) is 2.10. The van der Waals surface area contributed by atoms with Crippen molar-refractivity contribution in [3.63, 3.8) is 0 Å². The predicted molar refractivity (Wildman–Crippen MR) is 56.9 cm³/mol. The Morgan fingerprint density at radius 2 is 2.29 bits per heavy atom. The summed E-state index contributed by atoms with van der Waals surface area (Å²) < 4.78 is 2.01. The van der Waals surface area contributed by atoms with Crippen LogP contribution < -0.4 is 5.90 Å². The Balaban J connectivity index is 2.72. The molecule has 14 heavy (non-hydrogen) atoms. The van der Waals surface area contributed by atoms with Crippen molar-refractivity contribution < 1.29 is 4.84 Å². The van der Waals surface area contributed by atoms with E-state index in [-0.39, 0.29) is 0 Å². The van der Waals surface area contributed by atoms with Gasteiger partial charge in [-0.3, -0.25) is 4.84 Å². The van der Waals surface area contributed by atoms with Gasteiger partial charge in [-0.15, -0.1) is 0 Å². The molecule has 0 saturated heterocycles. The minimum atomic E-state index is 0.376. The van der Waals surface area contributed by atoms with Gasteiger partial charge in [0.05, 0.1) is 11.6 Å². The van der Waals surface area contributed by atoms with Gasteiger partial charge >= 0.3 is 0 Å². The molecule has 2 rings (SSSR count). The van der Waals surface area contributed by atoms with Crippen LogP contribution in [0.2, 0.25) is 5.02 Å². The van der Waals surface area contributed by atoms with E-state index in [2.05, 4.69) is 4.84 Å². The molecule has 0 fully saturated rings. The normalized spacial score (nSPS) is 11.1. The van der Waals surface area contributed by atoms with Gasteiger partial charge in [0.15, 0.2) is 0 Å². The average Bonchev–Trinajstić information content (AvgIpc) is 2.46. The van der Waals surface area contributed by atoms with Crippen molar-refractivity contribution in [2.75, 3.05) is 0 Å². The molecule has 0 atom stereocenters. The summed E-state index contributed by atoms with van der Waals surface area (Å²) in [6, 6.07) is 5.81. The molecule has 3 nitrogen and oxygen atoms in total. The predicted octanol–water partition coefficient (Wildman–Crippen LogP) is 2.22. The number of nitrogens with two attached hydrogens (primary N) is 1. The molecule has 0 radical (unpaired) electrons. The molecule has 0 aliphatic carbocycles. The minimum Gasteiger partial charge on any atom is -0.350 e. The van der Waals surface area contributed by atoms with Gasteiger partial charge in [-0.2, -0.15) is 0 Å². The van der Waals surface area contributed by atoms with E-state index in [1.807, 2.05) is 36.0 Å². The number of rotatable bonds is 2. The van der Waals surface area contributed by atoms with E-state index in [9.17, 15) is 0 Å². The van der Waals surface area contributed by atoms with Crippen molar-refractivity contribution in [3.8, 4) is 0 Å². The fourth-order valence-electron chi connectivity index (χ4n) is 1.69. The summed E-state index contributed by atoms with van der Waals surface area (Å²) >= 11 is 6.10. The molecule has 0 saturated carbocycles. The van der Waals surface area contributed by atoms with Crippen LogP contribution in [-0.4, -0.2) is 4.57 Å². The van der Waals surface area contributed by atoms with Crippen molar-refractivity contribution in [3.05, 3.63) is 35.0 Å². The zero-order valence-corrected chi connectivity index (χ0v) is 8.58. The molecule has 1 heterocycles. The number of hydrogen-bond acceptors (Lipinski definition) is 2. The molecule has 1 aromatic heterocycles. The number of aromatic nitrogens is 1. The van der Waals surface area contributed by atoms with Gasteiger partial charge in [-0.25, -0.2) is 5.90 Å². The highest BCUT2D eigenvalue weighted by molar-refractivity contribution is 6.35. The SMILES string of the molecule is Cn1cc(CON)c2c(Cl)cccc21. The zero-order valence-electron chi connectivity index (χ0n) is 7.83. The van der Waals surface area contributed by atoms with Crippen LogP contribution in [0.4, 0.5) is 0 Å². The maximum absolute atomic E-state index is 6.10. The summed E-state index contributed by atoms with van der Waals surface area (Å²) in [5.74, 6) is 5.06. The highest BCUT2D eigenvalue weighted by Gasteiger charge is 2.08. The van der Waals surface area contributed by atoms with E-state index in [0.29, 0.717) is 6.61 Å². The summed E-state index contributed by atoms with van der Waals surface area (Å²) in [5, 5.41) is 1.75. The molecule has 0 bridgehead atoms. The minimum absolute atomic E-state index is 0.376. The maximum atomic E-state index is 6.10. The Morgan fingerprint density at radius 3 is 3.00 bits per heavy atom. The molecule has 1 aromatic carbocycles. The second-order valence-electron chi connectivity index (χ2n) is 3.21. The molecule has 2 aromatic rings. The molecular formula is C10H11ClN2O. The number of fused-ring (bicyclic) bond motifs is 1. The van der Waals surface area contributed by atoms with Crippen molar-refractivity contribution >= 4 is 22.5 Å². The van der Waals surface area contributed by atoms with E-state index in [4.69, 9.17) is 17.5 Å². The molecule has 0 aliphatic heterocycles. The first-order valence-corrected chi connectivity index (χ1v) is 4.66. The van der Waals surface area contributed by atoms with Gasteiger partial charge in [0.1, 0.15) is 0 Å². The number of aryl methyl sites for hydroxylation is 1. The molecule has 4 heteroatoms. The molecular weight excluding hydrogens is 200 g/mol. The van der Waals surface area contributed by atoms with Gasteiger partial charge in [-0.05, 0) is 12.1 Å². The Hall–Kier alpha value is -1.03. The van der Waals surface area contributed by atoms with Crippen molar-refractivity contribution in [2.45, 2.75) is 6.61 Å². The van der Waals surface area contributed by atoms with Crippen LogP contribution in [0.3, 0.4) is 0 Å². The van der Waals surface area contributed by atoms with Gasteiger partial charge in [0.2, 0.25) is 0 Å². The van der Waals surface area contributed by atoms with Crippen molar-refractivity contribution in [1.82, 2.24) is 4.57 Å². The molecule has 2 N–H and O–H groups in total. The first kappa shape index (κ1) is 9.52. The number of nitrogens with zero attached hydrogens (tertiary/aromatic N) is 1. The second-order valence-corrected chi connectivity index (χ2v) is 3.62. The van der Waals surface area contributed by atoms with E-state index in [1.54, 1.807) is 0 Å². The van der Waals surface area contributed by atoms with Gasteiger partial charge < -0.3 is 4.57 Å². The lowest BCUT2D eigenvalue weighted by molar-refractivity contribution is 0.125. The topological polar surface area (TPSA) is 40.2 Å². The Labute approximate surface area is 87.0 Å². The van der Waals surface area contributed by atoms with Crippen LogP contribution in [0, 0.1) is 0 Å². The van der Waals surface area contributed by atoms with E-state index in [1.165, 1.54) is 0 Å². The molecule has 0 aliphatic rings. The van der Waals surface area contributed by atoms with Crippen LogP contribution in [0.15, 0.2) is 24.4 Å². The third-order valence-electron chi connectivity index (χ3n) is 2.28. The first-order chi connectivity index (χ1) is 6.74. The fraction of sp³-hybridized carbons (Fsp3) is 0.200. The highest BCUT2D eigenvalue weighted by Crippen LogP contribution is 2.28. The lowest BCUT2D eigenvalue weighted by Gasteiger charge is -1.98. The van der Waals surface area contributed by atoms with E-state index < -0.39 is 0 Å². The van der Waals surface area contributed by atoms with Crippen LogP contribution in [0.25, 0.3) is 10.9 Å². The van der Waals surface area contributed by atoms with Gasteiger partial charge in [-0.1, -0.05) is 17.7 Å². The van der Waals surface area contributed by atoms with Gasteiger partial charge in [0.25, 0.3) is 0 Å². The first-order valence-electron chi connectivity index (χ1n) is 4.28. The Bertz CT molecular complexity index is 464. The molecule has 0 spiro atoms. The molecule has 0 amide bonds. The van der Waals surface area contributed by atoms with Crippen LogP contribution in [-0.2, 0) is 18.5 Å². The standard InChI is InChI=1S/C10H11ClN2O/c1-13-5-7(6-14-12)10-8(11)3-2-4-9(10)13/h2-5H,6,12H2,1H3. The van der Waals surface area contributed by atoms with E-state index in [0.717, 1.165) is 21.5 Å². The van der Waals surface area contributed by atoms with Crippen LogP contribution >= 0.6 is 11.6 Å². The average molecular weight is 211 g/mol. The smallest absolute Gasteiger partial charge is 0.0951 e. The third kappa shape index (κ3) is 1.39. The van der Waals surface area contributed by atoms with Gasteiger partial charge in [0, 0.05) is 29.7 Å². The third-order valence-corrected chi connectivity index (χ3v) is 2.60. The summed E-state index contributed by atoms with van der Waals surface area (Å²) in [4.78, 5) is 4.63. The molecule has 74 valence electrons. The quantitative estimate of drug-likeness (QED) is 0.773. The lowest BCUT2D eigenvalue weighted by atomic mass is 10.2. The fourth-order valence-corrected chi connectivity index (χ4v) is 1.98. The summed E-state index contributed by atoms with van der Waals surface area (Å²) in [7, 11) is 1.97. The highest BCUT2D eigenvalue weighted by atomic mass is 35.5. The maximum Gasteiger partial charge on any atom is 0.0951 e. The second kappa shape index (κ2) is 3.61. The van der Waals surface area contributed by atoms with Crippen molar-refractivity contribution in [2.24, 2.45) is 12.9 Å². The zero-order chi connectivity index (χ0) is 10.1. The number of halogens is 1. The van der Waals surface area contributed by atoms with Crippen LogP contribution in [0.5, 0.6) is 0 Å². The summed E-state index contributed by atoms with van der Waals surface area (Å²) in [6.45, 7) is 0.376. The monoisotopic (exact) mass is 210 g/mol. The molecule has 0 unspecified atom stereocenters. The van der Waals surface area contributed by atoms with Crippen molar-refractivity contribution in [1.29, 1.82) is 0 Å². The lowest BCUT2D eigenvalue weighted by Crippen LogP contribution is -1.98. The number of benzene rings is 1. The van der Waals surface area contributed by atoms with Crippen LogP contribution in [0.1, 0.15) is 5.56 Å². The van der Waals surface area contributed by atoms with E-state index >= 15 is 0 Å². The number of hydrogen-bond donors (Lipinski definition) is 1. The Morgan fingerprint density at radius 1 is 1.50 bits per heavy atom. The Kier molecular flexibility index (Phi) is 2.46. The largest absolute Gasteiger partial charge is 0.350 e. The summed E-state index contributed by atoms with van der Waals surface area (Å²) in [6.07, 6.45) is 1.98.